The minimum atomic E-state index is -2.94. The van der Waals surface area contributed by atoms with Gasteiger partial charge in [0.25, 0.3) is 0 Å². The Labute approximate surface area is 147 Å². The molecule has 0 aliphatic rings. The van der Waals surface area contributed by atoms with Gasteiger partial charge in [0.15, 0.2) is 6.10 Å². The third-order valence-electron chi connectivity index (χ3n) is 3.64. The van der Waals surface area contributed by atoms with Crippen LogP contribution >= 0.6 is 0 Å². The van der Waals surface area contributed by atoms with Crippen molar-refractivity contribution in [3.63, 3.8) is 0 Å². The Balaban J connectivity index is 1.67. The van der Waals surface area contributed by atoms with Crippen molar-refractivity contribution in [3.8, 4) is 5.75 Å². The van der Waals surface area contributed by atoms with Gasteiger partial charge in [0.2, 0.25) is 11.5 Å². The first-order valence-electron chi connectivity index (χ1n) is 7.72. The average molecular weight is 360 g/mol. The van der Waals surface area contributed by atoms with E-state index in [9.17, 15) is 18.4 Å². The monoisotopic (exact) mass is 360 g/mol. The molecule has 2 aromatic carbocycles. The van der Waals surface area contributed by atoms with E-state index in [1.165, 1.54) is 37.3 Å². The molecule has 0 unspecified atom stereocenters. The number of Topliss-reactive ketones (excluding diaryl/α,β-unsaturated/α-hetero) is 1. The summed E-state index contributed by atoms with van der Waals surface area (Å²) in [4.78, 5) is 24.5. The second kappa shape index (κ2) is 7.35. The van der Waals surface area contributed by atoms with Crippen LogP contribution in [0.2, 0.25) is 0 Å². The van der Waals surface area contributed by atoms with Crippen molar-refractivity contribution in [3.05, 3.63) is 65.9 Å². The molecule has 0 amide bonds. The number of carbonyl (C=O) groups is 2. The summed E-state index contributed by atoms with van der Waals surface area (Å²) in [7, 11) is 0. The van der Waals surface area contributed by atoms with Gasteiger partial charge in [0, 0.05) is 10.9 Å². The third kappa shape index (κ3) is 3.88. The molecule has 5 nitrogen and oxygen atoms in total. The first kappa shape index (κ1) is 17.6. The Hall–Kier alpha value is -3.22. The smallest absolute Gasteiger partial charge is 0.387 e. The fourth-order valence-corrected chi connectivity index (χ4v) is 2.39. The van der Waals surface area contributed by atoms with Crippen LogP contribution in [0.1, 0.15) is 27.8 Å². The van der Waals surface area contributed by atoms with Crippen molar-refractivity contribution in [1.82, 2.24) is 0 Å². The van der Waals surface area contributed by atoms with Crippen molar-refractivity contribution in [2.45, 2.75) is 19.6 Å². The van der Waals surface area contributed by atoms with E-state index in [1.807, 2.05) is 0 Å². The molecule has 0 radical (unpaired) electrons. The van der Waals surface area contributed by atoms with E-state index in [0.717, 1.165) is 5.39 Å². The van der Waals surface area contributed by atoms with Crippen LogP contribution in [0.4, 0.5) is 8.78 Å². The maximum absolute atomic E-state index is 12.3. The molecule has 0 spiro atoms. The number of halogens is 2. The van der Waals surface area contributed by atoms with Crippen molar-refractivity contribution in [1.29, 1.82) is 0 Å². The SMILES string of the molecule is C[C@H](OC(=O)c1cc2ccccc2o1)C(=O)c1ccc(OC(F)F)cc1. The molecule has 0 saturated heterocycles. The Morgan fingerprint density at radius 1 is 1.04 bits per heavy atom. The van der Waals surface area contributed by atoms with Gasteiger partial charge >= 0.3 is 12.6 Å². The van der Waals surface area contributed by atoms with E-state index < -0.39 is 24.5 Å². The molecule has 1 heterocycles. The van der Waals surface area contributed by atoms with Crippen LogP contribution in [0.25, 0.3) is 11.0 Å². The van der Waals surface area contributed by atoms with Gasteiger partial charge in [-0.1, -0.05) is 18.2 Å². The zero-order chi connectivity index (χ0) is 18.7. The maximum atomic E-state index is 12.3. The van der Waals surface area contributed by atoms with Gasteiger partial charge in [-0.15, -0.1) is 0 Å². The Morgan fingerprint density at radius 3 is 2.38 bits per heavy atom. The second-order valence-electron chi connectivity index (χ2n) is 5.46. The number of fused-ring (bicyclic) bond motifs is 1. The van der Waals surface area contributed by atoms with Crippen LogP contribution in [-0.4, -0.2) is 24.5 Å². The lowest BCUT2D eigenvalue weighted by Gasteiger charge is -2.12. The van der Waals surface area contributed by atoms with Crippen molar-refractivity contribution < 1.29 is 32.3 Å². The molecule has 7 heteroatoms. The van der Waals surface area contributed by atoms with Crippen LogP contribution in [0.15, 0.2) is 59.0 Å². The zero-order valence-electron chi connectivity index (χ0n) is 13.6. The number of esters is 1. The molecule has 0 aliphatic heterocycles. The van der Waals surface area contributed by atoms with Crippen molar-refractivity contribution >= 4 is 22.7 Å². The number of rotatable bonds is 6. The predicted molar refractivity (Wildman–Crippen MR) is 88.5 cm³/mol. The lowest BCUT2D eigenvalue weighted by Crippen LogP contribution is -2.24. The standard InChI is InChI=1S/C19H14F2O5/c1-11(17(22)12-6-8-14(9-7-12)25-19(20)21)24-18(23)16-10-13-4-2-3-5-15(13)26-16/h2-11,19H,1H3/t11-/m0/s1. The molecule has 0 saturated carbocycles. The Kier molecular flexibility index (Phi) is 4.97. The fraction of sp³-hybridized carbons (Fsp3) is 0.158. The number of benzene rings is 2. The van der Waals surface area contributed by atoms with Gasteiger partial charge in [-0.2, -0.15) is 8.78 Å². The van der Waals surface area contributed by atoms with Gasteiger partial charge in [-0.25, -0.2) is 4.79 Å². The minimum Gasteiger partial charge on any atom is -0.449 e. The van der Waals surface area contributed by atoms with Crippen LogP contribution < -0.4 is 4.74 Å². The number of alkyl halides is 2. The molecule has 0 aliphatic carbocycles. The number of ether oxygens (including phenoxy) is 2. The van der Waals surface area contributed by atoms with E-state index in [4.69, 9.17) is 9.15 Å². The van der Waals surface area contributed by atoms with Crippen LogP contribution in [0, 0.1) is 0 Å². The number of hydrogen-bond acceptors (Lipinski definition) is 5. The van der Waals surface area contributed by atoms with Crippen molar-refractivity contribution in [2.75, 3.05) is 0 Å². The summed E-state index contributed by atoms with van der Waals surface area (Å²) >= 11 is 0. The van der Waals surface area contributed by atoms with Gasteiger partial charge in [0.1, 0.15) is 11.3 Å². The lowest BCUT2D eigenvalue weighted by molar-refractivity contribution is -0.0498. The molecule has 0 fully saturated rings. The predicted octanol–water partition coefficient (Wildman–Crippen LogP) is 4.46. The second-order valence-corrected chi connectivity index (χ2v) is 5.46. The lowest BCUT2D eigenvalue weighted by atomic mass is 10.1. The maximum Gasteiger partial charge on any atom is 0.387 e. The molecule has 3 rings (SSSR count). The van der Waals surface area contributed by atoms with Crippen LogP contribution in [0.3, 0.4) is 0 Å². The fourth-order valence-electron chi connectivity index (χ4n) is 2.39. The van der Waals surface area contributed by atoms with Gasteiger partial charge in [-0.05, 0) is 43.3 Å². The van der Waals surface area contributed by atoms with Crippen molar-refractivity contribution in [2.24, 2.45) is 0 Å². The molecular formula is C19H14F2O5. The van der Waals surface area contributed by atoms with E-state index in [2.05, 4.69) is 4.74 Å². The number of ketones is 1. The topological polar surface area (TPSA) is 65.7 Å². The largest absolute Gasteiger partial charge is 0.449 e. The molecule has 0 bridgehead atoms. The molecule has 26 heavy (non-hydrogen) atoms. The summed E-state index contributed by atoms with van der Waals surface area (Å²) in [6.07, 6.45) is -1.07. The van der Waals surface area contributed by atoms with Gasteiger partial charge in [-0.3, -0.25) is 4.79 Å². The Bertz CT molecular complexity index is 898. The average Bonchev–Trinajstić information content (AvgIpc) is 3.05. The van der Waals surface area contributed by atoms with E-state index in [0.29, 0.717) is 5.58 Å². The molecule has 1 atom stereocenters. The highest BCUT2D eigenvalue weighted by molar-refractivity contribution is 6.01. The first-order chi connectivity index (χ1) is 12.4. The molecule has 134 valence electrons. The summed E-state index contributed by atoms with van der Waals surface area (Å²) in [5.41, 5.74) is 0.740. The summed E-state index contributed by atoms with van der Waals surface area (Å²) in [6, 6.07) is 13.7. The zero-order valence-corrected chi connectivity index (χ0v) is 13.6. The number of furan rings is 1. The van der Waals surface area contributed by atoms with Crippen LogP contribution in [0.5, 0.6) is 5.75 Å². The highest BCUT2D eigenvalue weighted by Gasteiger charge is 2.22. The van der Waals surface area contributed by atoms with Crippen LogP contribution in [-0.2, 0) is 4.74 Å². The summed E-state index contributed by atoms with van der Waals surface area (Å²) in [5.74, 6) is -1.31. The highest BCUT2D eigenvalue weighted by atomic mass is 19.3. The van der Waals surface area contributed by atoms with Gasteiger partial charge in [0.05, 0.1) is 0 Å². The number of hydrogen-bond donors (Lipinski definition) is 0. The number of carbonyl (C=O) groups excluding carboxylic acids is 2. The first-order valence-corrected chi connectivity index (χ1v) is 7.72. The number of para-hydroxylation sites is 1. The summed E-state index contributed by atoms with van der Waals surface area (Å²) in [6.45, 7) is -1.52. The molecular weight excluding hydrogens is 346 g/mol. The normalized spacial score (nSPS) is 12.2. The third-order valence-corrected chi connectivity index (χ3v) is 3.64. The molecule has 1 aromatic heterocycles. The van der Waals surface area contributed by atoms with Gasteiger partial charge < -0.3 is 13.9 Å². The quantitative estimate of drug-likeness (QED) is 0.480. The molecule has 0 N–H and O–H groups in total. The molecule has 3 aromatic rings. The van der Waals surface area contributed by atoms with E-state index >= 15 is 0 Å². The highest BCUT2D eigenvalue weighted by Crippen LogP contribution is 2.21. The van der Waals surface area contributed by atoms with E-state index in [-0.39, 0.29) is 17.1 Å². The minimum absolute atomic E-state index is 0.00784. The Morgan fingerprint density at radius 2 is 1.73 bits per heavy atom. The summed E-state index contributed by atoms with van der Waals surface area (Å²) in [5, 5.41) is 0.744. The summed E-state index contributed by atoms with van der Waals surface area (Å²) < 4.78 is 39.0. The van der Waals surface area contributed by atoms with E-state index in [1.54, 1.807) is 24.3 Å².